The topological polar surface area (TPSA) is 126 Å². The lowest BCUT2D eigenvalue weighted by atomic mass is 10.1. The molecule has 0 aromatic heterocycles. The summed E-state index contributed by atoms with van der Waals surface area (Å²) in [5.74, 6) is -0.370. The Morgan fingerprint density at radius 2 is 0.644 bits per heavy atom. The highest BCUT2D eigenvalue weighted by Gasteiger charge is 2.40. The van der Waals surface area contributed by atoms with Crippen LogP contribution in [0, 0.1) is 0 Å². The first-order valence-corrected chi connectivity index (χ1v) is 48.7. The Balaban J connectivity index is 0.000000150. The van der Waals surface area contributed by atoms with Crippen molar-refractivity contribution in [2.75, 3.05) is 265 Å². The highest BCUT2D eigenvalue weighted by atomic mass is 32.2. The average molecular weight is 1920 g/mol. The number of rotatable bonds is 29. The number of anilines is 8. The third kappa shape index (κ3) is 27.9. The summed E-state index contributed by atoms with van der Waals surface area (Å²) in [6.45, 7) is 30.6. The predicted molar refractivity (Wildman–Crippen MR) is 508 cm³/mol. The molecule has 1 atom stereocenters. The lowest BCUT2D eigenvalue weighted by Crippen LogP contribution is -2.62. The quantitative estimate of drug-likeness (QED) is 0.0304. The number of hydrogen-bond donors (Lipinski definition) is 3. The van der Waals surface area contributed by atoms with E-state index in [0.29, 0.717) is 68.6 Å². The van der Waals surface area contributed by atoms with Crippen molar-refractivity contribution in [2.45, 2.75) is 103 Å². The number of quaternary nitrogens is 1. The van der Waals surface area contributed by atoms with Gasteiger partial charge >= 0.3 is 24.7 Å². The van der Waals surface area contributed by atoms with Gasteiger partial charge in [0.15, 0.2) is 0 Å². The fourth-order valence-corrected chi connectivity index (χ4v) is 22.0. The van der Waals surface area contributed by atoms with Crippen molar-refractivity contribution < 1.29 is 66.8 Å². The highest BCUT2D eigenvalue weighted by molar-refractivity contribution is 8.00. The molecule has 4 saturated heterocycles. The van der Waals surface area contributed by atoms with Gasteiger partial charge in [-0.1, -0.05) is 95.6 Å². The van der Waals surface area contributed by atoms with Crippen LogP contribution in [0.25, 0.3) is 0 Å². The van der Waals surface area contributed by atoms with E-state index >= 15 is 0 Å². The number of nitrogens with two attached hydrogens (primary N) is 1. The van der Waals surface area contributed by atoms with Gasteiger partial charge in [-0.15, -0.1) is 0 Å². The van der Waals surface area contributed by atoms with Gasteiger partial charge in [-0.3, -0.25) is 29.2 Å². The van der Waals surface area contributed by atoms with Crippen molar-refractivity contribution in [2.24, 2.45) is 5.73 Å². The van der Waals surface area contributed by atoms with Crippen LogP contribution in [-0.2, 0) is 34.3 Å². The molecule has 0 bridgehead atoms. The van der Waals surface area contributed by atoms with E-state index in [1.165, 1.54) is 86.0 Å². The first kappa shape index (κ1) is 101. The SMILES string of the molecule is CC(=O)NCCN1CCN(CCCN2c3ccccc3Sc3ccc(C(F)(F)F)cc32)CC1.CN(C)CCN1CCN(CCCN2c3ccccc3Sc3ccc(C(F)(F)F)cc32)CC1.CN(C)CC[N+]1(CCN(C)C)CCN(CCCN2c3ccccc3Sc3ccc(C(F)(F)F)cc32)CC1.NC(=O)C1CN(CCCN2c3ccccc3Sc3ccc(C(F)(F)F)cc32)CCN1. The van der Waals surface area contributed by atoms with Gasteiger partial charge < -0.3 is 64.9 Å². The summed E-state index contributed by atoms with van der Waals surface area (Å²) in [6, 6.07) is 47.6. The van der Waals surface area contributed by atoms with Crippen LogP contribution in [0.5, 0.6) is 0 Å². The fourth-order valence-electron chi connectivity index (χ4n) is 17.7. The van der Waals surface area contributed by atoms with Crippen LogP contribution in [-0.4, -0.2) is 312 Å². The second-order valence-electron chi connectivity index (χ2n) is 35.6. The molecule has 132 heavy (non-hydrogen) atoms. The van der Waals surface area contributed by atoms with E-state index in [9.17, 15) is 62.3 Å². The van der Waals surface area contributed by atoms with Crippen molar-refractivity contribution in [3.8, 4) is 0 Å². The molecule has 8 aromatic carbocycles. The summed E-state index contributed by atoms with van der Waals surface area (Å²) >= 11 is 6.11. The van der Waals surface area contributed by atoms with Crippen LogP contribution < -0.4 is 36.0 Å². The third-order valence-corrected chi connectivity index (χ3v) is 29.8. The number of amides is 2. The Bertz CT molecular complexity index is 5090. The largest absolute Gasteiger partial charge is 0.416 e. The third-order valence-electron chi connectivity index (χ3n) is 25.3. The van der Waals surface area contributed by atoms with Crippen LogP contribution in [0.3, 0.4) is 0 Å². The molecule has 19 nitrogen and oxygen atoms in total. The summed E-state index contributed by atoms with van der Waals surface area (Å²) in [6.07, 6.45) is -14.0. The fraction of sp³-hybridized carbons (Fsp3) is 0.485. The molecule has 16 rings (SSSR count). The zero-order valence-corrected chi connectivity index (χ0v) is 79.6. The Kier molecular flexibility index (Phi) is 35.5. The monoisotopic (exact) mass is 1910 g/mol. The molecule has 0 radical (unpaired) electrons. The number of halogens is 12. The minimum absolute atomic E-state index is 0.00440. The van der Waals surface area contributed by atoms with Crippen LogP contribution in [0.15, 0.2) is 209 Å². The molecule has 2 amide bonds. The standard InChI is InChI=1S/C28H41F3N5S.C24H29F3N4OS.C24H31F3N4S.C21H23F3N4OS/c1-32(2)14-18-36(19-15-33(3)4)20-16-34(17-21-36)12-7-13-35-24-8-5-6-9-26(24)37-27-11-10-23(22-25(27)35)28(29,30)31;1-18(32)28-9-12-30-15-13-29(14-16-30)10-4-11-31-20-5-2-3-6-22(20)33-23-8-7-19(17-21(23)31)24(25,26)27;1-28(2)12-13-30-16-14-29(15-17-30)10-5-11-31-20-6-3-4-7-22(20)32-23-9-8-19(18-21(23)31)24(25,26)27;22-21(23,24)14-6-7-19-17(12-14)28(16-4-1-2-5-18(16)30-19)10-3-9-27-11-8-26-15(13-27)20(25)29/h5-6,8-11,22H,7,12-21H2,1-4H3;2-3,5-8,17H,4,9-16H2,1H3,(H,28,32);3-4,6-9,18H,5,10-17H2,1-2H3;1-2,4-7,12,15,26H,3,8-11,13H2,(H2,25,29)/q+1;;;. The van der Waals surface area contributed by atoms with E-state index in [0.717, 1.165) is 242 Å². The molecule has 0 aliphatic carbocycles. The number of para-hydroxylation sites is 4. The van der Waals surface area contributed by atoms with Crippen LogP contribution in [0.4, 0.5) is 98.2 Å². The van der Waals surface area contributed by atoms with Gasteiger partial charge in [0.25, 0.3) is 0 Å². The van der Waals surface area contributed by atoms with E-state index in [4.69, 9.17) is 5.73 Å². The molecular weight excluding hydrogens is 1790 g/mol. The maximum Gasteiger partial charge on any atom is 0.416 e. The van der Waals surface area contributed by atoms with Crippen LogP contribution in [0.2, 0.25) is 0 Å². The number of nitrogens with zero attached hydrogens (tertiary/aromatic N) is 14. The van der Waals surface area contributed by atoms with Crippen molar-refractivity contribution in [1.29, 1.82) is 0 Å². The summed E-state index contributed by atoms with van der Waals surface area (Å²) < 4.78 is 162. The maximum absolute atomic E-state index is 13.5. The van der Waals surface area contributed by atoms with Crippen molar-refractivity contribution in [1.82, 2.24) is 54.7 Å². The minimum atomic E-state index is -4.38. The molecule has 716 valence electrons. The Labute approximate surface area is 786 Å². The van der Waals surface area contributed by atoms with E-state index < -0.39 is 47.0 Å². The van der Waals surface area contributed by atoms with Gasteiger partial charge in [0.05, 0.1) is 100.0 Å². The molecule has 4 N–H and O–H groups in total. The number of benzene rings is 8. The zero-order chi connectivity index (χ0) is 94.1. The number of hydrogen-bond acceptors (Lipinski definition) is 20. The van der Waals surface area contributed by atoms with Gasteiger partial charge in [0.2, 0.25) is 11.8 Å². The number of primary amides is 1. The molecule has 0 spiro atoms. The lowest BCUT2D eigenvalue weighted by Gasteiger charge is -2.46. The molecule has 8 heterocycles. The summed E-state index contributed by atoms with van der Waals surface area (Å²) in [5.41, 5.74) is 9.42. The molecule has 8 aromatic rings. The van der Waals surface area contributed by atoms with Gasteiger partial charge in [-0.25, -0.2) is 0 Å². The van der Waals surface area contributed by atoms with E-state index in [1.807, 2.05) is 101 Å². The highest BCUT2D eigenvalue weighted by Crippen LogP contribution is 2.54. The van der Waals surface area contributed by atoms with Crippen molar-refractivity contribution in [3.05, 3.63) is 192 Å². The molecule has 0 saturated carbocycles. The number of alkyl halides is 12. The minimum Gasteiger partial charge on any atom is -0.368 e. The number of carbonyl (C=O) groups is 2. The predicted octanol–water partition coefficient (Wildman–Crippen LogP) is 17.7. The molecule has 8 aliphatic rings. The van der Waals surface area contributed by atoms with Crippen LogP contribution in [0.1, 0.15) is 54.9 Å². The lowest BCUT2D eigenvalue weighted by molar-refractivity contribution is -0.931. The maximum atomic E-state index is 13.5. The number of piperazine rings is 4. The van der Waals surface area contributed by atoms with E-state index in [1.54, 1.807) is 47.8 Å². The van der Waals surface area contributed by atoms with Gasteiger partial charge in [0, 0.05) is 203 Å². The Morgan fingerprint density at radius 3 is 0.939 bits per heavy atom. The molecule has 35 heteroatoms. The smallest absolute Gasteiger partial charge is 0.368 e. The molecule has 1 unspecified atom stereocenters. The normalized spacial score (nSPS) is 17.8. The number of carbonyl (C=O) groups excluding carboxylic acids is 2. The van der Waals surface area contributed by atoms with Gasteiger partial charge in [-0.2, -0.15) is 52.7 Å². The second-order valence-corrected chi connectivity index (χ2v) is 39.9. The first-order chi connectivity index (χ1) is 63.0. The Morgan fingerprint density at radius 1 is 0.364 bits per heavy atom. The zero-order valence-electron chi connectivity index (χ0n) is 76.3. The molecular formula is C97H124F12N17O2S4+. The Hall–Kier alpha value is -7.98. The molecule has 8 aliphatic heterocycles. The summed E-state index contributed by atoms with van der Waals surface area (Å²) in [7, 11) is 12.8. The van der Waals surface area contributed by atoms with E-state index in [-0.39, 0.29) is 17.9 Å². The number of nitrogens with one attached hydrogen (secondary N) is 2. The van der Waals surface area contributed by atoms with Gasteiger partial charge in [-0.05, 0) is 209 Å². The summed E-state index contributed by atoms with van der Waals surface area (Å²) in [5, 5.41) is 5.93. The summed E-state index contributed by atoms with van der Waals surface area (Å²) in [4.78, 5) is 59.6. The molecule has 4 fully saturated rings. The average Bonchev–Trinajstić information content (AvgIpc) is 0.776. The number of likely N-dealkylation sites (N-methyl/N-ethyl adjacent to an activating group) is 3. The first-order valence-electron chi connectivity index (χ1n) is 45.4. The van der Waals surface area contributed by atoms with E-state index in [2.05, 4.69) is 113 Å². The van der Waals surface area contributed by atoms with Crippen LogP contribution >= 0.6 is 47.0 Å². The number of fused-ring (bicyclic) bond motifs is 8. The van der Waals surface area contributed by atoms with Gasteiger partial charge in [0.1, 0.15) is 0 Å². The van der Waals surface area contributed by atoms with Crippen molar-refractivity contribution >= 4 is 104 Å². The second kappa shape index (κ2) is 46.2. The van der Waals surface area contributed by atoms with Crippen molar-refractivity contribution in [3.63, 3.8) is 0 Å².